The van der Waals surface area contributed by atoms with Gasteiger partial charge in [-0.15, -0.1) is 0 Å². The van der Waals surface area contributed by atoms with Crippen LogP contribution < -0.4 is 14.4 Å². The van der Waals surface area contributed by atoms with Gasteiger partial charge in [0.25, 0.3) is 0 Å². The summed E-state index contributed by atoms with van der Waals surface area (Å²) in [4.78, 5) is 12.3. The number of halogens is 1. The molecule has 0 heterocycles. The first-order valence-corrected chi connectivity index (χ1v) is 9.73. The number of rotatable bonds is 7. The fourth-order valence-electron chi connectivity index (χ4n) is 2.43. The van der Waals surface area contributed by atoms with Crippen molar-refractivity contribution in [1.29, 1.82) is 0 Å². The van der Waals surface area contributed by atoms with Crippen LogP contribution >= 0.6 is 0 Å². The number of carbonyl (C=O) groups excluding carboxylic acids is 1. The van der Waals surface area contributed by atoms with Crippen molar-refractivity contribution in [3.05, 3.63) is 53.8 Å². The Kier molecular flexibility index (Phi) is 6.20. The number of hydrogen-bond donors (Lipinski definition) is 1. The molecule has 0 aliphatic heterocycles. The molecule has 0 aliphatic rings. The van der Waals surface area contributed by atoms with Crippen LogP contribution in [0.4, 0.5) is 15.8 Å². The van der Waals surface area contributed by atoms with Crippen LogP contribution in [0.15, 0.2) is 42.5 Å². The lowest BCUT2D eigenvalue weighted by atomic mass is 10.2. The van der Waals surface area contributed by atoms with Gasteiger partial charge in [-0.2, -0.15) is 0 Å². The van der Waals surface area contributed by atoms with E-state index >= 15 is 0 Å². The first-order chi connectivity index (χ1) is 12.2. The van der Waals surface area contributed by atoms with Crippen LogP contribution in [0.1, 0.15) is 12.0 Å². The summed E-state index contributed by atoms with van der Waals surface area (Å²) in [5.74, 6) is -0.307. The lowest BCUT2D eigenvalue weighted by Gasteiger charge is -2.22. The molecule has 0 bridgehead atoms. The number of nitrogens with zero attached hydrogens (tertiary/aromatic N) is 1. The minimum atomic E-state index is -3.61. The Morgan fingerprint density at radius 1 is 1.19 bits per heavy atom. The minimum absolute atomic E-state index is 0.0650. The number of anilines is 2. The Morgan fingerprint density at radius 3 is 2.42 bits per heavy atom. The van der Waals surface area contributed by atoms with E-state index in [-0.39, 0.29) is 18.9 Å². The van der Waals surface area contributed by atoms with Crippen LogP contribution in [-0.2, 0) is 14.8 Å². The molecule has 2 aromatic rings. The molecule has 0 atom stereocenters. The lowest BCUT2D eigenvalue weighted by molar-refractivity contribution is -0.116. The smallest absolute Gasteiger partial charge is 0.232 e. The van der Waals surface area contributed by atoms with Gasteiger partial charge in [0.1, 0.15) is 11.6 Å². The Labute approximate surface area is 152 Å². The van der Waals surface area contributed by atoms with E-state index in [1.807, 2.05) is 13.0 Å². The molecular weight excluding hydrogens is 359 g/mol. The van der Waals surface area contributed by atoms with E-state index in [4.69, 9.17) is 4.74 Å². The average molecular weight is 380 g/mol. The third kappa shape index (κ3) is 5.19. The van der Waals surface area contributed by atoms with Crippen molar-refractivity contribution in [1.82, 2.24) is 0 Å². The molecule has 0 unspecified atom stereocenters. The van der Waals surface area contributed by atoms with Crippen LogP contribution in [0.3, 0.4) is 0 Å². The molecule has 26 heavy (non-hydrogen) atoms. The number of nitrogens with one attached hydrogen (secondary N) is 1. The number of methoxy groups -OCH3 is 1. The summed E-state index contributed by atoms with van der Waals surface area (Å²) in [6.45, 7) is 1.82. The van der Waals surface area contributed by atoms with Gasteiger partial charge in [-0.1, -0.05) is 6.07 Å². The molecule has 1 N–H and O–H groups in total. The number of aryl methyl sites for hydroxylation is 1. The standard InChI is InChI=1S/C18H21FN2O4S/c1-13-4-9-17(25-2)16(12-13)20-18(22)10-11-21(26(3,23)24)15-7-5-14(19)6-8-15/h4-9,12H,10-11H2,1-3H3,(H,20,22). The normalized spacial score (nSPS) is 11.1. The maximum atomic E-state index is 13.1. The highest BCUT2D eigenvalue weighted by Gasteiger charge is 2.19. The van der Waals surface area contributed by atoms with E-state index in [9.17, 15) is 17.6 Å². The second-order valence-corrected chi connectivity index (χ2v) is 7.72. The third-order valence-corrected chi connectivity index (χ3v) is 4.88. The second kappa shape index (κ2) is 8.18. The van der Waals surface area contributed by atoms with Crippen molar-refractivity contribution in [2.75, 3.05) is 29.5 Å². The van der Waals surface area contributed by atoms with Crippen molar-refractivity contribution in [2.45, 2.75) is 13.3 Å². The predicted octanol–water partition coefficient (Wildman–Crippen LogP) is 2.94. The molecule has 0 aliphatic carbocycles. The highest BCUT2D eigenvalue weighted by atomic mass is 32.2. The summed E-state index contributed by atoms with van der Waals surface area (Å²) in [7, 11) is -2.11. The summed E-state index contributed by atoms with van der Waals surface area (Å²) < 4.78 is 43.4. The number of benzene rings is 2. The first kappa shape index (κ1) is 19.7. The van der Waals surface area contributed by atoms with Crippen LogP contribution in [0, 0.1) is 12.7 Å². The third-order valence-electron chi connectivity index (χ3n) is 3.69. The Bertz CT molecular complexity index is 883. The highest BCUT2D eigenvalue weighted by Crippen LogP contribution is 2.25. The first-order valence-electron chi connectivity index (χ1n) is 7.88. The van der Waals surface area contributed by atoms with Crippen molar-refractivity contribution < 1.29 is 22.3 Å². The number of hydrogen-bond acceptors (Lipinski definition) is 4. The van der Waals surface area contributed by atoms with Crippen molar-refractivity contribution in [2.24, 2.45) is 0 Å². The van der Waals surface area contributed by atoms with Crippen LogP contribution in [0.2, 0.25) is 0 Å². The van der Waals surface area contributed by atoms with Gasteiger partial charge >= 0.3 is 0 Å². The summed E-state index contributed by atoms with van der Waals surface area (Å²) in [5.41, 5.74) is 1.77. The zero-order chi connectivity index (χ0) is 19.3. The average Bonchev–Trinajstić information content (AvgIpc) is 2.55. The maximum Gasteiger partial charge on any atom is 0.232 e. The number of ether oxygens (including phenoxy) is 1. The Balaban J connectivity index is 2.10. The van der Waals surface area contributed by atoms with Gasteiger partial charge in [0.2, 0.25) is 15.9 Å². The quantitative estimate of drug-likeness (QED) is 0.801. The summed E-state index contributed by atoms with van der Waals surface area (Å²) in [6, 6.07) is 10.4. The van der Waals surface area contributed by atoms with Gasteiger partial charge in [0.05, 0.1) is 24.7 Å². The van der Waals surface area contributed by atoms with Crippen LogP contribution in [0.5, 0.6) is 5.75 Å². The molecule has 0 saturated heterocycles. The number of sulfonamides is 1. The fraction of sp³-hybridized carbons (Fsp3) is 0.278. The molecule has 0 radical (unpaired) electrons. The molecule has 0 aromatic heterocycles. The molecule has 2 aromatic carbocycles. The molecule has 1 amide bonds. The Hall–Kier alpha value is -2.61. The predicted molar refractivity (Wildman–Crippen MR) is 99.6 cm³/mol. The van der Waals surface area contributed by atoms with Crippen LogP contribution in [-0.4, -0.2) is 34.2 Å². The van der Waals surface area contributed by atoms with E-state index in [1.54, 1.807) is 12.1 Å². The molecule has 0 fully saturated rings. The second-order valence-electron chi connectivity index (χ2n) is 5.81. The largest absolute Gasteiger partial charge is 0.495 e. The topological polar surface area (TPSA) is 75.7 Å². The van der Waals surface area contributed by atoms with Gasteiger partial charge in [-0.05, 0) is 48.9 Å². The van der Waals surface area contributed by atoms with Gasteiger partial charge in [-0.3, -0.25) is 9.10 Å². The maximum absolute atomic E-state index is 13.1. The summed E-state index contributed by atoms with van der Waals surface area (Å²) in [6.07, 6.45) is 0.972. The molecule has 8 heteroatoms. The van der Waals surface area contributed by atoms with Crippen molar-refractivity contribution in [3.63, 3.8) is 0 Å². The zero-order valence-electron chi connectivity index (χ0n) is 14.8. The van der Waals surface area contributed by atoms with E-state index in [0.717, 1.165) is 16.1 Å². The van der Waals surface area contributed by atoms with Gasteiger partial charge < -0.3 is 10.1 Å². The monoisotopic (exact) mass is 380 g/mol. The van der Waals surface area contributed by atoms with E-state index < -0.39 is 15.8 Å². The number of carbonyl (C=O) groups is 1. The van der Waals surface area contributed by atoms with Crippen molar-refractivity contribution >= 4 is 27.3 Å². The SMILES string of the molecule is COc1ccc(C)cc1NC(=O)CCN(c1ccc(F)cc1)S(C)(=O)=O. The molecule has 6 nitrogen and oxygen atoms in total. The highest BCUT2D eigenvalue weighted by molar-refractivity contribution is 7.92. The molecule has 140 valence electrons. The minimum Gasteiger partial charge on any atom is -0.495 e. The van der Waals surface area contributed by atoms with Gasteiger partial charge in [0.15, 0.2) is 0 Å². The van der Waals surface area contributed by atoms with Gasteiger partial charge in [-0.25, -0.2) is 12.8 Å². The van der Waals surface area contributed by atoms with Crippen LogP contribution in [0.25, 0.3) is 0 Å². The van der Waals surface area contributed by atoms with E-state index in [2.05, 4.69) is 5.32 Å². The molecular formula is C18H21FN2O4S. The Morgan fingerprint density at radius 2 is 1.85 bits per heavy atom. The van der Waals surface area contributed by atoms with E-state index in [1.165, 1.54) is 31.4 Å². The molecule has 0 spiro atoms. The molecule has 0 saturated carbocycles. The molecule has 2 rings (SSSR count). The van der Waals surface area contributed by atoms with Crippen molar-refractivity contribution in [3.8, 4) is 5.75 Å². The van der Waals surface area contributed by atoms with E-state index in [0.29, 0.717) is 17.1 Å². The summed E-state index contributed by atoms with van der Waals surface area (Å²) in [5, 5.41) is 2.72. The zero-order valence-corrected chi connectivity index (χ0v) is 15.6. The fourth-order valence-corrected chi connectivity index (χ4v) is 3.36. The lowest BCUT2D eigenvalue weighted by Crippen LogP contribution is -2.33. The van der Waals surface area contributed by atoms with Gasteiger partial charge in [0, 0.05) is 13.0 Å². The summed E-state index contributed by atoms with van der Waals surface area (Å²) >= 11 is 0. The number of amides is 1.